The standard InChI is InChI=1S/C22H22ClN5O3/c1-14(2)24-19(29)10-11-26-20(30)17-12-16(23)8-9-18(17)28-21(26)25-27(22(28)31)13-15-6-4-3-5-7-15/h3-9,12,14H,10-11,13H2,1-2H3,(H,24,29). The van der Waals surface area contributed by atoms with E-state index in [9.17, 15) is 14.4 Å². The quantitative estimate of drug-likeness (QED) is 0.499. The predicted octanol–water partition coefficient (Wildman–Crippen LogP) is 2.43. The minimum atomic E-state index is -0.369. The number of aromatic nitrogens is 4. The van der Waals surface area contributed by atoms with Crippen molar-refractivity contribution in [3.63, 3.8) is 0 Å². The summed E-state index contributed by atoms with van der Waals surface area (Å²) in [7, 11) is 0. The van der Waals surface area contributed by atoms with Crippen LogP contribution >= 0.6 is 11.6 Å². The summed E-state index contributed by atoms with van der Waals surface area (Å²) < 4.78 is 4.08. The topological polar surface area (TPSA) is 90.4 Å². The third-order valence-corrected chi connectivity index (χ3v) is 5.16. The highest BCUT2D eigenvalue weighted by molar-refractivity contribution is 6.31. The van der Waals surface area contributed by atoms with Crippen LogP contribution in [0.5, 0.6) is 0 Å². The summed E-state index contributed by atoms with van der Waals surface area (Å²) in [5.41, 5.74) is 0.618. The summed E-state index contributed by atoms with van der Waals surface area (Å²) in [4.78, 5) is 38.6. The first-order chi connectivity index (χ1) is 14.8. The van der Waals surface area contributed by atoms with Crippen LogP contribution in [-0.2, 0) is 17.9 Å². The maximum atomic E-state index is 13.2. The van der Waals surface area contributed by atoms with Crippen molar-refractivity contribution in [2.45, 2.75) is 39.4 Å². The van der Waals surface area contributed by atoms with Crippen LogP contribution in [0, 0.1) is 0 Å². The largest absolute Gasteiger partial charge is 0.354 e. The Morgan fingerprint density at radius 1 is 1.13 bits per heavy atom. The first kappa shape index (κ1) is 20.9. The van der Waals surface area contributed by atoms with E-state index < -0.39 is 0 Å². The van der Waals surface area contributed by atoms with E-state index in [4.69, 9.17) is 11.6 Å². The van der Waals surface area contributed by atoms with Crippen LogP contribution in [0.2, 0.25) is 5.02 Å². The second-order valence-corrected chi connectivity index (χ2v) is 8.09. The van der Waals surface area contributed by atoms with Gasteiger partial charge in [0.2, 0.25) is 11.7 Å². The molecular formula is C22H22ClN5O3. The van der Waals surface area contributed by atoms with E-state index in [2.05, 4.69) is 10.4 Å². The Balaban J connectivity index is 1.89. The summed E-state index contributed by atoms with van der Waals surface area (Å²) in [6.45, 7) is 4.08. The third-order valence-electron chi connectivity index (χ3n) is 4.93. The van der Waals surface area contributed by atoms with Crippen LogP contribution in [0.25, 0.3) is 16.7 Å². The lowest BCUT2D eigenvalue weighted by atomic mass is 10.2. The highest BCUT2D eigenvalue weighted by atomic mass is 35.5. The van der Waals surface area contributed by atoms with E-state index >= 15 is 0 Å². The van der Waals surface area contributed by atoms with Gasteiger partial charge < -0.3 is 5.32 Å². The molecule has 160 valence electrons. The lowest BCUT2D eigenvalue weighted by molar-refractivity contribution is -0.121. The number of nitrogens with one attached hydrogen (secondary N) is 1. The Kier molecular flexibility index (Phi) is 5.65. The zero-order valence-corrected chi connectivity index (χ0v) is 18.0. The van der Waals surface area contributed by atoms with Crippen LogP contribution in [0.3, 0.4) is 0 Å². The van der Waals surface area contributed by atoms with Crippen molar-refractivity contribution in [2.24, 2.45) is 0 Å². The van der Waals surface area contributed by atoms with Gasteiger partial charge in [0.1, 0.15) is 0 Å². The number of nitrogens with zero attached hydrogens (tertiary/aromatic N) is 4. The molecule has 0 bridgehead atoms. The minimum absolute atomic E-state index is 0.00708. The highest BCUT2D eigenvalue weighted by Crippen LogP contribution is 2.17. The molecule has 2 aromatic carbocycles. The fourth-order valence-corrected chi connectivity index (χ4v) is 3.73. The fourth-order valence-electron chi connectivity index (χ4n) is 3.56. The third kappa shape index (κ3) is 4.11. The molecule has 8 nitrogen and oxygen atoms in total. The molecule has 2 heterocycles. The Bertz CT molecular complexity index is 1390. The molecule has 0 spiro atoms. The van der Waals surface area contributed by atoms with Gasteiger partial charge in [-0.25, -0.2) is 13.9 Å². The molecule has 0 aliphatic rings. The average molecular weight is 440 g/mol. The maximum absolute atomic E-state index is 13.2. The number of amides is 1. The molecule has 1 amide bonds. The number of carbonyl (C=O) groups excluding carboxylic acids is 1. The first-order valence-electron chi connectivity index (χ1n) is 10.00. The van der Waals surface area contributed by atoms with Gasteiger partial charge in [-0.1, -0.05) is 41.9 Å². The molecule has 0 aliphatic heterocycles. The van der Waals surface area contributed by atoms with Gasteiger partial charge in [-0.3, -0.25) is 14.2 Å². The summed E-state index contributed by atoms with van der Waals surface area (Å²) in [6, 6.07) is 14.3. The Labute approximate surface area is 182 Å². The van der Waals surface area contributed by atoms with Crippen molar-refractivity contribution in [2.75, 3.05) is 0 Å². The normalized spacial score (nSPS) is 11.5. The van der Waals surface area contributed by atoms with Gasteiger partial charge >= 0.3 is 5.69 Å². The molecule has 9 heteroatoms. The number of rotatable bonds is 6. The number of hydrogen-bond acceptors (Lipinski definition) is 4. The molecule has 0 radical (unpaired) electrons. The van der Waals surface area contributed by atoms with Gasteiger partial charge in [0.05, 0.1) is 17.4 Å². The number of fused-ring (bicyclic) bond motifs is 3. The zero-order valence-electron chi connectivity index (χ0n) is 17.2. The van der Waals surface area contributed by atoms with Crippen molar-refractivity contribution in [1.82, 2.24) is 24.1 Å². The van der Waals surface area contributed by atoms with E-state index in [0.29, 0.717) is 15.9 Å². The van der Waals surface area contributed by atoms with Crippen molar-refractivity contribution >= 4 is 34.2 Å². The number of benzene rings is 2. The predicted molar refractivity (Wildman–Crippen MR) is 120 cm³/mol. The second-order valence-electron chi connectivity index (χ2n) is 7.65. The molecule has 0 atom stereocenters. The van der Waals surface area contributed by atoms with E-state index in [0.717, 1.165) is 5.56 Å². The summed E-state index contributed by atoms with van der Waals surface area (Å²) in [5.74, 6) is 0.00964. The molecule has 1 N–H and O–H groups in total. The minimum Gasteiger partial charge on any atom is -0.354 e. The van der Waals surface area contributed by atoms with Crippen molar-refractivity contribution in [3.05, 3.63) is 80.0 Å². The second kappa shape index (κ2) is 8.39. The van der Waals surface area contributed by atoms with Gasteiger partial charge in [0, 0.05) is 24.0 Å². The van der Waals surface area contributed by atoms with Crippen LogP contribution in [0.1, 0.15) is 25.8 Å². The van der Waals surface area contributed by atoms with E-state index in [1.54, 1.807) is 12.1 Å². The van der Waals surface area contributed by atoms with E-state index in [1.807, 2.05) is 44.2 Å². The van der Waals surface area contributed by atoms with Crippen molar-refractivity contribution in [1.29, 1.82) is 0 Å². The molecule has 0 unspecified atom stereocenters. The maximum Gasteiger partial charge on any atom is 0.352 e. The number of hydrogen-bond donors (Lipinski definition) is 1. The van der Waals surface area contributed by atoms with Crippen molar-refractivity contribution in [3.8, 4) is 0 Å². The van der Waals surface area contributed by atoms with Crippen LogP contribution in [-0.4, -0.2) is 30.7 Å². The van der Waals surface area contributed by atoms with Gasteiger partial charge in [-0.2, -0.15) is 0 Å². The lowest BCUT2D eigenvalue weighted by Gasteiger charge is -2.11. The monoisotopic (exact) mass is 439 g/mol. The van der Waals surface area contributed by atoms with Gasteiger partial charge in [-0.05, 0) is 37.6 Å². The summed E-state index contributed by atoms with van der Waals surface area (Å²) in [6.07, 6.45) is 0.0829. The molecule has 0 aliphatic carbocycles. The summed E-state index contributed by atoms with van der Waals surface area (Å²) in [5, 5.41) is 7.94. The highest BCUT2D eigenvalue weighted by Gasteiger charge is 2.18. The Morgan fingerprint density at radius 3 is 2.58 bits per heavy atom. The Hall–Kier alpha value is -3.39. The zero-order chi connectivity index (χ0) is 22.1. The first-order valence-corrected chi connectivity index (χ1v) is 10.4. The molecule has 31 heavy (non-hydrogen) atoms. The molecule has 0 fully saturated rings. The van der Waals surface area contributed by atoms with E-state index in [-0.39, 0.29) is 48.5 Å². The number of carbonyl (C=O) groups is 1. The van der Waals surface area contributed by atoms with Gasteiger partial charge in [-0.15, -0.1) is 5.10 Å². The average Bonchev–Trinajstić information content (AvgIpc) is 3.04. The lowest BCUT2D eigenvalue weighted by Crippen LogP contribution is -2.32. The molecule has 4 aromatic rings. The molecule has 4 rings (SSSR count). The number of aryl methyl sites for hydroxylation is 1. The Morgan fingerprint density at radius 2 is 1.87 bits per heavy atom. The van der Waals surface area contributed by atoms with Crippen LogP contribution < -0.4 is 16.6 Å². The smallest absolute Gasteiger partial charge is 0.352 e. The molecule has 2 aromatic heterocycles. The fraction of sp³-hybridized carbons (Fsp3) is 0.273. The molecule has 0 saturated heterocycles. The SMILES string of the molecule is CC(C)NC(=O)CCn1c(=O)c2cc(Cl)ccc2n2c(=O)n(Cc3ccccc3)nc12. The molecular weight excluding hydrogens is 418 g/mol. The van der Waals surface area contributed by atoms with E-state index in [1.165, 1.54) is 19.7 Å². The molecule has 0 saturated carbocycles. The van der Waals surface area contributed by atoms with Crippen LogP contribution in [0.15, 0.2) is 58.1 Å². The summed E-state index contributed by atoms with van der Waals surface area (Å²) >= 11 is 6.11. The van der Waals surface area contributed by atoms with Gasteiger partial charge in [0.25, 0.3) is 5.56 Å². The number of halogens is 1. The van der Waals surface area contributed by atoms with Crippen LogP contribution in [0.4, 0.5) is 0 Å². The van der Waals surface area contributed by atoms with Gasteiger partial charge in [0.15, 0.2) is 0 Å². The van der Waals surface area contributed by atoms with Crippen molar-refractivity contribution < 1.29 is 4.79 Å².